The third-order valence-corrected chi connectivity index (χ3v) is 2.97. The van der Waals surface area contributed by atoms with Crippen molar-refractivity contribution in [3.8, 4) is 0 Å². The van der Waals surface area contributed by atoms with E-state index in [1.54, 1.807) is 6.07 Å². The highest BCUT2D eigenvalue weighted by atomic mass is 19.1. The Morgan fingerprint density at radius 3 is 2.41 bits per heavy atom. The Bertz CT molecular complexity index is 469. The Morgan fingerprint density at radius 2 is 1.88 bits per heavy atom. The van der Waals surface area contributed by atoms with Crippen molar-refractivity contribution in [3.05, 3.63) is 30.1 Å². The second-order valence-electron chi connectivity index (χ2n) is 4.10. The quantitative estimate of drug-likeness (QED) is 0.777. The summed E-state index contributed by atoms with van der Waals surface area (Å²) in [5.74, 6) is -1.26. The summed E-state index contributed by atoms with van der Waals surface area (Å²) in [7, 11) is 1.48. The molecule has 1 aliphatic carbocycles. The maximum Gasteiger partial charge on any atom is 0.240 e. The topological polar surface area (TPSA) is 58.2 Å². The molecule has 90 valence electrons. The summed E-state index contributed by atoms with van der Waals surface area (Å²) in [5.41, 5.74) is -0.899. The molecule has 0 aliphatic heterocycles. The summed E-state index contributed by atoms with van der Waals surface area (Å²) in [6.45, 7) is 0. The smallest absolute Gasteiger partial charge is 0.240 e. The lowest BCUT2D eigenvalue weighted by Gasteiger charge is -2.13. The fourth-order valence-electron chi connectivity index (χ4n) is 1.73. The van der Waals surface area contributed by atoms with E-state index in [1.165, 1.54) is 25.2 Å². The van der Waals surface area contributed by atoms with Crippen LogP contribution in [-0.4, -0.2) is 18.9 Å². The van der Waals surface area contributed by atoms with Crippen LogP contribution in [0.5, 0.6) is 0 Å². The lowest BCUT2D eigenvalue weighted by molar-refractivity contribution is -0.134. The molecule has 17 heavy (non-hydrogen) atoms. The van der Waals surface area contributed by atoms with Gasteiger partial charge in [-0.1, -0.05) is 12.1 Å². The number of rotatable bonds is 3. The standard InChI is InChI=1S/C12H13FN2O2/c1-14-10(16)12(6-7-12)11(17)15-9-5-3-2-4-8(9)13/h2-5H,6-7H2,1H3,(H,14,16)(H,15,17). The number of amides is 2. The molecule has 1 saturated carbocycles. The van der Waals surface area contributed by atoms with E-state index in [2.05, 4.69) is 10.6 Å². The molecule has 0 radical (unpaired) electrons. The molecule has 1 aliphatic rings. The SMILES string of the molecule is CNC(=O)C1(C(=O)Nc2ccccc2F)CC1. The summed E-state index contributed by atoms with van der Waals surface area (Å²) >= 11 is 0. The van der Waals surface area contributed by atoms with Gasteiger partial charge in [-0.3, -0.25) is 9.59 Å². The van der Waals surface area contributed by atoms with Crippen LogP contribution in [0, 0.1) is 11.2 Å². The van der Waals surface area contributed by atoms with Crippen LogP contribution in [0.25, 0.3) is 0 Å². The van der Waals surface area contributed by atoms with Gasteiger partial charge in [-0.25, -0.2) is 4.39 Å². The van der Waals surface area contributed by atoms with Gasteiger partial charge in [0.15, 0.2) is 0 Å². The number of anilines is 1. The third kappa shape index (κ3) is 2.00. The molecule has 5 heteroatoms. The van der Waals surface area contributed by atoms with Gasteiger partial charge in [-0.15, -0.1) is 0 Å². The largest absolute Gasteiger partial charge is 0.358 e. The fraction of sp³-hybridized carbons (Fsp3) is 0.333. The van der Waals surface area contributed by atoms with E-state index in [1.807, 2.05) is 0 Å². The van der Waals surface area contributed by atoms with Crippen molar-refractivity contribution < 1.29 is 14.0 Å². The van der Waals surface area contributed by atoms with E-state index >= 15 is 0 Å². The van der Waals surface area contributed by atoms with E-state index in [0.717, 1.165) is 0 Å². The Morgan fingerprint density at radius 1 is 1.24 bits per heavy atom. The monoisotopic (exact) mass is 236 g/mol. The molecule has 1 aromatic rings. The molecule has 0 saturated heterocycles. The first-order chi connectivity index (χ1) is 8.10. The second-order valence-corrected chi connectivity index (χ2v) is 4.10. The van der Waals surface area contributed by atoms with Crippen molar-refractivity contribution in [1.82, 2.24) is 5.32 Å². The highest BCUT2D eigenvalue weighted by Crippen LogP contribution is 2.46. The number of benzene rings is 1. The van der Waals surface area contributed by atoms with Crippen molar-refractivity contribution in [1.29, 1.82) is 0 Å². The molecule has 2 amide bonds. The van der Waals surface area contributed by atoms with E-state index < -0.39 is 17.1 Å². The van der Waals surface area contributed by atoms with Gasteiger partial charge in [0.1, 0.15) is 11.2 Å². The third-order valence-electron chi connectivity index (χ3n) is 2.97. The van der Waals surface area contributed by atoms with Gasteiger partial charge >= 0.3 is 0 Å². The first-order valence-electron chi connectivity index (χ1n) is 5.38. The molecule has 2 rings (SSSR count). The lowest BCUT2D eigenvalue weighted by atomic mass is 10.1. The van der Waals surface area contributed by atoms with E-state index in [-0.39, 0.29) is 11.6 Å². The molecular weight excluding hydrogens is 223 g/mol. The van der Waals surface area contributed by atoms with Gasteiger partial charge in [-0.05, 0) is 25.0 Å². The van der Waals surface area contributed by atoms with E-state index in [9.17, 15) is 14.0 Å². The minimum Gasteiger partial charge on any atom is -0.358 e. The van der Waals surface area contributed by atoms with Crippen LogP contribution >= 0.6 is 0 Å². The Kier molecular flexibility index (Phi) is 2.83. The Labute approximate surface area is 98.2 Å². The van der Waals surface area contributed by atoms with Crippen molar-refractivity contribution in [2.45, 2.75) is 12.8 Å². The number of nitrogens with one attached hydrogen (secondary N) is 2. The number of hydrogen-bond acceptors (Lipinski definition) is 2. The van der Waals surface area contributed by atoms with Crippen molar-refractivity contribution in [2.75, 3.05) is 12.4 Å². The Balaban J connectivity index is 2.13. The summed E-state index contributed by atoms with van der Waals surface area (Å²) in [6.07, 6.45) is 1.01. The van der Waals surface area contributed by atoms with Crippen LogP contribution in [-0.2, 0) is 9.59 Å². The van der Waals surface area contributed by atoms with Crippen LogP contribution in [0.15, 0.2) is 24.3 Å². The van der Waals surface area contributed by atoms with Crippen molar-refractivity contribution >= 4 is 17.5 Å². The van der Waals surface area contributed by atoms with Crippen LogP contribution in [0.4, 0.5) is 10.1 Å². The number of carbonyl (C=O) groups excluding carboxylic acids is 2. The lowest BCUT2D eigenvalue weighted by Crippen LogP contribution is -2.38. The average molecular weight is 236 g/mol. The number of halogens is 1. The van der Waals surface area contributed by atoms with Gasteiger partial charge in [0.25, 0.3) is 0 Å². The molecule has 2 N–H and O–H groups in total. The summed E-state index contributed by atoms with van der Waals surface area (Å²) < 4.78 is 13.3. The van der Waals surface area contributed by atoms with Crippen LogP contribution in [0.1, 0.15) is 12.8 Å². The van der Waals surface area contributed by atoms with Gasteiger partial charge in [0.2, 0.25) is 11.8 Å². The fourth-order valence-corrected chi connectivity index (χ4v) is 1.73. The molecule has 1 aromatic carbocycles. The van der Waals surface area contributed by atoms with Gasteiger partial charge in [0.05, 0.1) is 5.69 Å². The highest BCUT2D eigenvalue weighted by Gasteiger charge is 2.56. The normalized spacial score (nSPS) is 16.1. The first-order valence-corrected chi connectivity index (χ1v) is 5.38. The molecule has 0 unspecified atom stereocenters. The molecule has 1 fully saturated rings. The zero-order valence-electron chi connectivity index (χ0n) is 9.42. The van der Waals surface area contributed by atoms with Crippen molar-refractivity contribution in [3.63, 3.8) is 0 Å². The molecular formula is C12H13FN2O2. The number of carbonyl (C=O) groups is 2. The molecule has 4 nitrogen and oxygen atoms in total. The van der Waals surface area contributed by atoms with Crippen molar-refractivity contribution in [2.24, 2.45) is 5.41 Å². The minimum atomic E-state index is -1.00. The minimum absolute atomic E-state index is 0.104. The summed E-state index contributed by atoms with van der Waals surface area (Å²) in [5, 5.41) is 4.91. The molecule has 0 atom stereocenters. The summed E-state index contributed by atoms with van der Waals surface area (Å²) in [6, 6.07) is 5.89. The molecule has 0 aromatic heterocycles. The van der Waals surface area contributed by atoms with Gasteiger partial charge in [-0.2, -0.15) is 0 Å². The van der Waals surface area contributed by atoms with Gasteiger partial charge in [0, 0.05) is 7.05 Å². The zero-order chi connectivity index (χ0) is 12.5. The van der Waals surface area contributed by atoms with E-state index in [4.69, 9.17) is 0 Å². The first kappa shape index (κ1) is 11.6. The van der Waals surface area contributed by atoms with Crippen LogP contribution < -0.4 is 10.6 Å². The molecule has 0 heterocycles. The van der Waals surface area contributed by atoms with Gasteiger partial charge < -0.3 is 10.6 Å². The highest BCUT2D eigenvalue weighted by molar-refractivity contribution is 6.12. The Hall–Kier alpha value is -1.91. The van der Waals surface area contributed by atoms with Crippen LogP contribution in [0.3, 0.4) is 0 Å². The maximum atomic E-state index is 13.3. The van der Waals surface area contributed by atoms with E-state index in [0.29, 0.717) is 12.8 Å². The predicted octanol–water partition coefficient (Wildman–Crippen LogP) is 1.29. The number of para-hydroxylation sites is 1. The predicted molar refractivity (Wildman–Crippen MR) is 60.8 cm³/mol. The maximum absolute atomic E-state index is 13.3. The summed E-state index contributed by atoms with van der Waals surface area (Å²) in [4.78, 5) is 23.5. The van der Waals surface area contributed by atoms with Crippen LogP contribution in [0.2, 0.25) is 0 Å². The second kappa shape index (κ2) is 4.16. The zero-order valence-corrected chi connectivity index (χ0v) is 9.42. The average Bonchev–Trinajstić information content (AvgIpc) is 3.12. The number of hydrogen-bond donors (Lipinski definition) is 2. The molecule has 0 bridgehead atoms. The molecule has 0 spiro atoms.